The number of benzene rings is 2. The number of aromatic carboxylic acids is 1. The van der Waals surface area contributed by atoms with Crippen LogP contribution in [-0.4, -0.2) is 44.1 Å². The Kier molecular flexibility index (Phi) is 8.53. The summed E-state index contributed by atoms with van der Waals surface area (Å²) in [4.78, 5) is 51.1. The van der Waals surface area contributed by atoms with Gasteiger partial charge in [-0.15, -0.1) is 11.3 Å². The number of carbonyl (C=O) groups excluding carboxylic acids is 3. The number of anilines is 1. The minimum absolute atomic E-state index is 0.0293. The molecule has 200 valence electrons. The Labute approximate surface area is 234 Å². The number of hydrogen-bond donors (Lipinski definition) is 3. The Morgan fingerprint density at radius 2 is 1.79 bits per heavy atom. The molecule has 3 amide bonds. The minimum Gasteiger partial charge on any atom is -0.478 e. The summed E-state index contributed by atoms with van der Waals surface area (Å²) in [6.07, 6.45) is 1.31. The Bertz CT molecular complexity index is 1520. The van der Waals surface area contributed by atoms with Gasteiger partial charge in [0, 0.05) is 17.0 Å². The van der Waals surface area contributed by atoms with Crippen LogP contribution in [0.1, 0.15) is 28.1 Å². The fourth-order valence-electron chi connectivity index (χ4n) is 3.71. The average molecular weight is 588 g/mol. The maximum atomic E-state index is 13.6. The number of nitrogens with zero attached hydrogens (tertiary/aromatic N) is 1. The molecule has 0 aliphatic carbocycles. The molecule has 8 nitrogen and oxygen atoms in total. The van der Waals surface area contributed by atoms with E-state index in [2.05, 4.69) is 5.32 Å². The van der Waals surface area contributed by atoms with Gasteiger partial charge >= 0.3 is 5.97 Å². The monoisotopic (exact) mass is 587 g/mol. The number of carboxylic acid groups (broad SMARTS) is 1. The molecule has 0 unspecified atom stereocenters. The lowest BCUT2D eigenvalue weighted by molar-refractivity contribution is -0.130. The standard InChI is InChI=1S/C26H19F2N3O5S3/c27-18-6-3-14(10-19(18)28)15-9-17(38-12-15)11-21-24(34)31(26(37)39-21)20(7-8-22(29)32)23(33)30-16-4-1-13(2-5-16)25(35)36/h1-6,9-12,20H,7-8H2,(H2,29,32)(H,30,33)(H,35,36)/t20-/m0/s1. The highest BCUT2D eigenvalue weighted by Crippen LogP contribution is 2.37. The number of primary amides is 1. The van der Waals surface area contributed by atoms with E-state index in [0.29, 0.717) is 21.7 Å². The minimum atomic E-state index is -1.16. The molecular formula is C26H19F2N3O5S3. The summed E-state index contributed by atoms with van der Waals surface area (Å²) >= 11 is 7.66. The van der Waals surface area contributed by atoms with Crippen LogP contribution in [0, 0.1) is 11.6 Å². The van der Waals surface area contributed by atoms with Crippen molar-refractivity contribution >= 4 is 75.1 Å². The van der Waals surface area contributed by atoms with Crippen LogP contribution < -0.4 is 11.1 Å². The molecule has 0 bridgehead atoms. The Morgan fingerprint density at radius 3 is 2.44 bits per heavy atom. The predicted octanol–water partition coefficient (Wildman–Crippen LogP) is 4.87. The van der Waals surface area contributed by atoms with Crippen molar-refractivity contribution in [1.82, 2.24) is 4.90 Å². The zero-order valence-corrected chi connectivity index (χ0v) is 22.3. The number of thiocarbonyl (C=S) groups is 1. The van der Waals surface area contributed by atoms with Crippen molar-refractivity contribution in [3.63, 3.8) is 0 Å². The number of rotatable bonds is 9. The first kappa shape index (κ1) is 28.1. The molecule has 2 aromatic carbocycles. The van der Waals surface area contributed by atoms with Crippen LogP contribution in [0.4, 0.5) is 14.5 Å². The van der Waals surface area contributed by atoms with Gasteiger partial charge < -0.3 is 16.2 Å². The molecule has 1 aromatic heterocycles. The molecule has 3 aromatic rings. The SMILES string of the molecule is NC(=O)CC[C@@H](C(=O)Nc1ccc(C(=O)O)cc1)N1C(=O)C(=Cc2cc(-c3ccc(F)c(F)c3)cs2)SC1=S. The predicted molar refractivity (Wildman–Crippen MR) is 149 cm³/mol. The maximum absolute atomic E-state index is 13.6. The second kappa shape index (κ2) is 11.8. The first-order valence-corrected chi connectivity index (χ1v) is 13.4. The van der Waals surface area contributed by atoms with Gasteiger partial charge in [0.1, 0.15) is 10.4 Å². The molecular weight excluding hydrogens is 568 g/mol. The molecule has 0 spiro atoms. The fourth-order valence-corrected chi connectivity index (χ4v) is 5.98. The van der Waals surface area contributed by atoms with E-state index in [1.54, 1.807) is 17.5 Å². The van der Waals surface area contributed by atoms with Crippen molar-refractivity contribution in [2.24, 2.45) is 5.73 Å². The van der Waals surface area contributed by atoms with E-state index in [1.165, 1.54) is 41.7 Å². The van der Waals surface area contributed by atoms with Gasteiger partial charge in [-0.05, 0) is 71.5 Å². The van der Waals surface area contributed by atoms with Gasteiger partial charge in [0.15, 0.2) is 11.6 Å². The number of thioether (sulfide) groups is 1. The Morgan fingerprint density at radius 1 is 1.08 bits per heavy atom. The summed E-state index contributed by atoms with van der Waals surface area (Å²) in [5.74, 6) is -4.89. The summed E-state index contributed by atoms with van der Waals surface area (Å²) in [5, 5.41) is 13.4. The van der Waals surface area contributed by atoms with E-state index in [9.17, 15) is 28.0 Å². The maximum Gasteiger partial charge on any atom is 0.335 e. The van der Waals surface area contributed by atoms with Crippen molar-refractivity contribution in [3.05, 3.63) is 80.9 Å². The number of hydrogen-bond acceptors (Lipinski definition) is 7. The van der Waals surface area contributed by atoms with Crippen LogP contribution in [0.5, 0.6) is 0 Å². The first-order chi connectivity index (χ1) is 18.5. The van der Waals surface area contributed by atoms with Crippen molar-refractivity contribution < 1.29 is 33.1 Å². The number of carboxylic acids is 1. The smallest absolute Gasteiger partial charge is 0.335 e. The summed E-state index contributed by atoms with van der Waals surface area (Å²) < 4.78 is 27.0. The second-order valence-electron chi connectivity index (χ2n) is 8.31. The third kappa shape index (κ3) is 6.56. The first-order valence-electron chi connectivity index (χ1n) is 11.3. The van der Waals surface area contributed by atoms with Crippen molar-refractivity contribution in [3.8, 4) is 11.1 Å². The average Bonchev–Trinajstić information content (AvgIpc) is 3.46. The highest BCUT2D eigenvalue weighted by molar-refractivity contribution is 8.26. The Hall–Kier alpha value is -3.94. The number of nitrogens with two attached hydrogens (primary N) is 1. The molecule has 13 heteroatoms. The van der Waals surface area contributed by atoms with E-state index in [4.69, 9.17) is 23.1 Å². The molecule has 0 saturated carbocycles. The van der Waals surface area contributed by atoms with Gasteiger partial charge in [0.2, 0.25) is 11.8 Å². The number of carbonyl (C=O) groups is 4. The number of thiophene rings is 1. The quantitative estimate of drug-likeness (QED) is 0.241. The zero-order valence-electron chi connectivity index (χ0n) is 19.9. The van der Waals surface area contributed by atoms with Gasteiger partial charge in [-0.1, -0.05) is 30.0 Å². The molecule has 1 aliphatic heterocycles. The van der Waals surface area contributed by atoms with E-state index in [-0.39, 0.29) is 27.6 Å². The van der Waals surface area contributed by atoms with Gasteiger partial charge in [-0.25, -0.2) is 13.6 Å². The molecule has 4 N–H and O–H groups in total. The number of halogens is 2. The number of nitrogens with one attached hydrogen (secondary N) is 1. The summed E-state index contributed by atoms with van der Waals surface area (Å²) in [7, 11) is 0. The van der Waals surface area contributed by atoms with Crippen LogP contribution in [0.2, 0.25) is 0 Å². The third-order valence-corrected chi connectivity index (χ3v) is 7.86. The van der Waals surface area contributed by atoms with Crippen LogP contribution in [0.3, 0.4) is 0 Å². The zero-order chi connectivity index (χ0) is 28.3. The molecule has 1 aliphatic rings. The highest BCUT2D eigenvalue weighted by Gasteiger charge is 2.40. The van der Waals surface area contributed by atoms with E-state index in [1.807, 2.05) is 0 Å². The lowest BCUT2D eigenvalue weighted by Gasteiger charge is -2.25. The van der Waals surface area contributed by atoms with Crippen molar-refractivity contribution in [2.45, 2.75) is 18.9 Å². The summed E-state index contributed by atoms with van der Waals surface area (Å²) in [6.45, 7) is 0. The number of amides is 3. The molecule has 4 rings (SSSR count). The molecule has 1 fully saturated rings. The molecule has 0 radical (unpaired) electrons. The van der Waals surface area contributed by atoms with Gasteiger partial charge in [-0.3, -0.25) is 19.3 Å². The highest BCUT2D eigenvalue weighted by atomic mass is 32.2. The molecule has 2 heterocycles. The lowest BCUT2D eigenvalue weighted by Crippen LogP contribution is -2.46. The second-order valence-corrected chi connectivity index (χ2v) is 10.9. The topological polar surface area (TPSA) is 130 Å². The van der Waals surface area contributed by atoms with Gasteiger partial charge in [-0.2, -0.15) is 0 Å². The fraction of sp³-hybridized carbons (Fsp3) is 0.115. The largest absolute Gasteiger partial charge is 0.478 e. The van der Waals surface area contributed by atoms with Crippen LogP contribution in [0.15, 0.2) is 58.8 Å². The van der Waals surface area contributed by atoms with Gasteiger partial charge in [0.25, 0.3) is 5.91 Å². The van der Waals surface area contributed by atoms with E-state index >= 15 is 0 Å². The molecule has 1 saturated heterocycles. The summed E-state index contributed by atoms with van der Waals surface area (Å²) in [6, 6.07) is 9.54. The summed E-state index contributed by atoms with van der Waals surface area (Å²) in [5.41, 5.74) is 6.70. The van der Waals surface area contributed by atoms with Crippen LogP contribution in [0.25, 0.3) is 17.2 Å². The normalized spacial score (nSPS) is 15.0. The van der Waals surface area contributed by atoms with E-state index in [0.717, 1.165) is 28.8 Å². The van der Waals surface area contributed by atoms with Crippen LogP contribution in [-0.2, 0) is 14.4 Å². The Balaban J connectivity index is 1.55. The molecule has 1 atom stereocenters. The van der Waals surface area contributed by atoms with Crippen LogP contribution >= 0.6 is 35.3 Å². The van der Waals surface area contributed by atoms with Crippen molar-refractivity contribution in [2.75, 3.05) is 5.32 Å². The van der Waals surface area contributed by atoms with E-state index < -0.39 is 41.4 Å². The molecule has 39 heavy (non-hydrogen) atoms. The lowest BCUT2D eigenvalue weighted by atomic mass is 10.1. The van der Waals surface area contributed by atoms with Crippen molar-refractivity contribution in [1.29, 1.82) is 0 Å². The van der Waals surface area contributed by atoms with Gasteiger partial charge in [0.05, 0.1) is 10.5 Å². The third-order valence-electron chi connectivity index (χ3n) is 5.65.